The molecule has 0 heterocycles. The van der Waals surface area contributed by atoms with Crippen LogP contribution in [0.1, 0.15) is 12.5 Å². The molecule has 1 aromatic carbocycles. The first-order valence-corrected chi connectivity index (χ1v) is 3.66. The average molecular weight is 177 g/mol. The molecule has 0 saturated carbocycles. The number of rotatable bonds is 1. The maximum atomic E-state index is 12.7. The van der Waals surface area contributed by atoms with Gasteiger partial charge < -0.3 is 0 Å². The average Bonchev–Trinajstić information content (AvgIpc) is 1.99. The van der Waals surface area contributed by atoms with Crippen LogP contribution in [-0.2, 0) is 6.42 Å². The molecule has 0 aliphatic carbocycles. The lowest BCUT2D eigenvalue weighted by Gasteiger charge is -1.99. The molecule has 1 aromatic rings. The van der Waals surface area contributed by atoms with Gasteiger partial charge in [0.15, 0.2) is 0 Å². The molecule has 0 atom stereocenters. The monoisotopic (exact) mass is 176 g/mol. The molecule has 0 aliphatic rings. The van der Waals surface area contributed by atoms with Crippen LogP contribution in [-0.4, -0.2) is 0 Å². The molecule has 0 amide bonds. The maximum absolute atomic E-state index is 12.7. The first-order valence-electron chi connectivity index (χ1n) is 3.28. The molecular formula is C8H7ClF2. The van der Waals surface area contributed by atoms with Gasteiger partial charge in [0.25, 0.3) is 0 Å². The summed E-state index contributed by atoms with van der Waals surface area (Å²) < 4.78 is 25.3. The third-order valence-corrected chi connectivity index (χ3v) is 1.81. The fraction of sp³-hybridized carbons (Fsp3) is 0.250. The Morgan fingerprint density at radius 2 is 1.73 bits per heavy atom. The lowest BCUT2D eigenvalue weighted by Crippen LogP contribution is -1.88. The van der Waals surface area contributed by atoms with Gasteiger partial charge in [-0.3, -0.25) is 0 Å². The van der Waals surface area contributed by atoms with Gasteiger partial charge in [0.05, 0.1) is 0 Å². The Morgan fingerprint density at radius 3 is 2.09 bits per heavy atom. The fourth-order valence-electron chi connectivity index (χ4n) is 0.812. The van der Waals surface area contributed by atoms with Gasteiger partial charge in [0.1, 0.15) is 16.7 Å². The summed E-state index contributed by atoms with van der Waals surface area (Å²) >= 11 is 5.26. The lowest BCUT2D eigenvalue weighted by molar-refractivity contribution is 0.581. The second kappa shape index (κ2) is 3.18. The van der Waals surface area contributed by atoms with E-state index in [4.69, 9.17) is 11.6 Å². The highest BCUT2D eigenvalue weighted by molar-refractivity contribution is 6.30. The Kier molecular flexibility index (Phi) is 2.45. The summed E-state index contributed by atoms with van der Waals surface area (Å²) in [5.74, 6) is -1.38. The molecule has 0 radical (unpaired) electrons. The number of benzene rings is 1. The molecule has 0 fully saturated rings. The van der Waals surface area contributed by atoms with Crippen LogP contribution in [0.4, 0.5) is 8.78 Å². The quantitative estimate of drug-likeness (QED) is 0.577. The SMILES string of the molecule is CCc1cc(F)c(Cl)c(F)c1. The highest BCUT2D eigenvalue weighted by Gasteiger charge is 2.06. The minimum atomic E-state index is -0.691. The predicted octanol–water partition coefficient (Wildman–Crippen LogP) is 3.18. The highest BCUT2D eigenvalue weighted by Crippen LogP contribution is 2.20. The van der Waals surface area contributed by atoms with Crippen molar-refractivity contribution >= 4 is 11.6 Å². The summed E-state index contributed by atoms with van der Waals surface area (Å²) in [6, 6.07) is 2.48. The smallest absolute Gasteiger partial charge is 0.145 e. The van der Waals surface area contributed by atoms with E-state index in [0.29, 0.717) is 12.0 Å². The molecular weight excluding hydrogens is 170 g/mol. The number of hydrogen-bond donors (Lipinski definition) is 0. The van der Waals surface area contributed by atoms with Crippen molar-refractivity contribution in [3.05, 3.63) is 34.4 Å². The summed E-state index contributed by atoms with van der Waals surface area (Å²) in [5, 5.41) is -0.429. The van der Waals surface area contributed by atoms with Crippen molar-refractivity contribution in [2.75, 3.05) is 0 Å². The van der Waals surface area contributed by atoms with Crippen LogP contribution >= 0.6 is 11.6 Å². The van der Waals surface area contributed by atoms with E-state index in [1.807, 2.05) is 6.92 Å². The summed E-state index contributed by atoms with van der Waals surface area (Å²) in [7, 11) is 0. The molecule has 0 saturated heterocycles. The first-order chi connectivity index (χ1) is 5.15. The lowest BCUT2D eigenvalue weighted by atomic mass is 10.2. The Morgan fingerprint density at radius 1 is 1.27 bits per heavy atom. The van der Waals surface area contributed by atoms with Crippen molar-refractivity contribution in [2.24, 2.45) is 0 Å². The Hall–Kier alpha value is -0.630. The molecule has 0 N–H and O–H groups in total. The third kappa shape index (κ3) is 1.69. The van der Waals surface area contributed by atoms with Gasteiger partial charge in [0.2, 0.25) is 0 Å². The van der Waals surface area contributed by atoms with Gasteiger partial charge in [-0.1, -0.05) is 18.5 Å². The van der Waals surface area contributed by atoms with Crippen LogP contribution in [0.5, 0.6) is 0 Å². The van der Waals surface area contributed by atoms with Crippen molar-refractivity contribution in [1.29, 1.82) is 0 Å². The second-order valence-electron chi connectivity index (χ2n) is 2.23. The Labute approximate surface area is 68.8 Å². The van der Waals surface area contributed by atoms with Crippen molar-refractivity contribution < 1.29 is 8.78 Å². The van der Waals surface area contributed by atoms with E-state index in [0.717, 1.165) is 0 Å². The van der Waals surface area contributed by atoms with E-state index in [1.54, 1.807) is 0 Å². The Bertz CT molecular complexity index is 248. The fourth-order valence-corrected chi connectivity index (χ4v) is 0.921. The largest absolute Gasteiger partial charge is 0.205 e. The molecule has 0 aromatic heterocycles. The number of halogens is 3. The van der Waals surface area contributed by atoms with E-state index < -0.39 is 16.7 Å². The van der Waals surface area contributed by atoms with E-state index >= 15 is 0 Å². The number of hydrogen-bond acceptors (Lipinski definition) is 0. The third-order valence-electron chi connectivity index (χ3n) is 1.45. The zero-order valence-corrected chi connectivity index (χ0v) is 6.75. The summed E-state index contributed by atoms with van der Waals surface area (Å²) in [6.45, 7) is 1.82. The molecule has 0 unspecified atom stereocenters. The van der Waals surface area contributed by atoms with Crippen LogP contribution in [0.25, 0.3) is 0 Å². The standard InChI is InChI=1S/C8H7ClF2/c1-2-5-3-6(10)8(9)7(11)4-5/h3-4H,2H2,1H3. The van der Waals surface area contributed by atoms with Gasteiger partial charge in [-0.05, 0) is 24.1 Å². The topological polar surface area (TPSA) is 0 Å². The molecule has 3 heteroatoms. The van der Waals surface area contributed by atoms with Gasteiger partial charge in [-0.2, -0.15) is 0 Å². The zero-order valence-electron chi connectivity index (χ0n) is 6.00. The summed E-state index contributed by atoms with van der Waals surface area (Å²) in [4.78, 5) is 0. The zero-order chi connectivity index (χ0) is 8.43. The van der Waals surface area contributed by atoms with Gasteiger partial charge in [-0.15, -0.1) is 0 Å². The molecule has 0 spiro atoms. The van der Waals surface area contributed by atoms with E-state index in [1.165, 1.54) is 12.1 Å². The first kappa shape index (κ1) is 8.47. The predicted molar refractivity (Wildman–Crippen MR) is 40.7 cm³/mol. The van der Waals surface area contributed by atoms with Crippen LogP contribution in [0.2, 0.25) is 5.02 Å². The van der Waals surface area contributed by atoms with Gasteiger partial charge >= 0.3 is 0 Å². The van der Waals surface area contributed by atoms with Gasteiger partial charge in [0, 0.05) is 0 Å². The van der Waals surface area contributed by atoms with Crippen molar-refractivity contribution in [2.45, 2.75) is 13.3 Å². The second-order valence-corrected chi connectivity index (χ2v) is 2.60. The summed E-state index contributed by atoms with van der Waals surface area (Å²) in [6.07, 6.45) is 0.602. The normalized spacial score (nSPS) is 10.2. The van der Waals surface area contributed by atoms with Crippen molar-refractivity contribution in [3.8, 4) is 0 Å². The highest BCUT2D eigenvalue weighted by atomic mass is 35.5. The van der Waals surface area contributed by atoms with Crippen LogP contribution in [0, 0.1) is 11.6 Å². The van der Waals surface area contributed by atoms with Crippen molar-refractivity contribution in [1.82, 2.24) is 0 Å². The van der Waals surface area contributed by atoms with Crippen LogP contribution < -0.4 is 0 Å². The maximum Gasteiger partial charge on any atom is 0.145 e. The van der Waals surface area contributed by atoms with E-state index in [9.17, 15) is 8.78 Å². The van der Waals surface area contributed by atoms with E-state index in [2.05, 4.69) is 0 Å². The van der Waals surface area contributed by atoms with Crippen LogP contribution in [0.15, 0.2) is 12.1 Å². The number of aryl methyl sites for hydroxylation is 1. The molecule has 0 bridgehead atoms. The molecule has 60 valence electrons. The van der Waals surface area contributed by atoms with E-state index in [-0.39, 0.29) is 0 Å². The van der Waals surface area contributed by atoms with Gasteiger partial charge in [-0.25, -0.2) is 8.78 Å². The molecule has 1 rings (SSSR count). The van der Waals surface area contributed by atoms with Crippen molar-refractivity contribution in [3.63, 3.8) is 0 Å². The van der Waals surface area contributed by atoms with Crippen LogP contribution in [0.3, 0.4) is 0 Å². The molecule has 11 heavy (non-hydrogen) atoms. The molecule has 0 aliphatic heterocycles. The minimum Gasteiger partial charge on any atom is -0.205 e. The minimum absolute atomic E-state index is 0.429. The summed E-state index contributed by atoms with van der Waals surface area (Å²) in [5.41, 5.74) is 0.615. The molecule has 0 nitrogen and oxygen atoms in total. The Balaban J connectivity index is 3.21.